The van der Waals surface area contributed by atoms with Crippen LogP contribution in [0.3, 0.4) is 0 Å². The Hall–Kier alpha value is -0.0400. The fourth-order valence-electron chi connectivity index (χ4n) is 1.94. The van der Waals surface area contributed by atoms with Crippen molar-refractivity contribution in [1.82, 2.24) is 4.90 Å². The summed E-state index contributed by atoms with van der Waals surface area (Å²) in [5.74, 6) is 1.01. The van der Waals surface area contributed by atoms with Gasteiger partial charge in [-0.15, -0.1) is 0 Å². The molecule has 1 saturated carbocycles. The normalized spacial score (nSPS) is 21.0. The molecule has 0 amide bonds. The van der Waals surface area contributed by atoms with Gasteiger partial charge in [-0.25, -0.2) is 0 Å². The Morgan fingerprint density at radius 1 is 1.18 bits per heavy atom. The van der Waals surface area contributed by atoms with Crippen molar-refractivity contribution in [2.75, 3.05) is 20.1 Å². The van der Waals surface area contributed by atoms with E-state index in [9.17, 15) is 0 Å². The van der Waals surface area contributed by atoms with Crippen LogP contribution in [-0.4, -0.2) is 25.0 Å². The summed E-state index contributed by atoms with van der Waals surface area (Å²) in [5, 5.41) is 0. The number of rotatable bonds is 3. The summed E-state index contributed by atoms with van der Waals surface area (Å²) in [6.07, 6.45) is 7.38. The van der Waals surface area contributed by atoms with Gasteiger partial charge in [-0.05, 0) is 32.4 Å². The van der Waals surface area contributed by atoms with Crippen molar-refractivity contribution < 1.29 is 0 Å². The van der Waals surface area contributed by atoms with Crippen molar-refractivity contribution in [3.63, 3.8) is 0 Å². The maximum atomic E-state index is 2.44. The zero-order chi connectivity index (χ0) is 8.10. The first kappa shape index (κ1) is 9.05. The molecule has 0 radical (unpaired) electrons. The summed E-state index contributed by atoms with van der Waals surface area (Å²) in [4.78, 5) is 2.44. The molecule has 0 bridgehead atoms. The number of hydrogen-bond acceptors (Lipinski definition) is 1. The van der Waals surface area contributed by atoms with Crippen LogP contribution in [0.25, 0.3) is 0 Å². The summed E-state index contributed by atoms with van der Waals surface area (Å²) in [5.41, 5.74) is 0. The Bertz CT molecular complexity index is 95.0. The highest BCUT2D eigenvalue weighted by atomic mass is 15.1. The molecular formula is C10H21N. The maximum absolute atomic E-state index is 2.44. The summed E-state index contributed by atoms with van der Waals surface area (Å²) < 4.78 is 0. The molecule has 1 nitrogen and oxygen atoms in total. The van der Waals surface area contributed by atoms with Crippen LogP contribution in [0.1, 0.15) is 39.0 Å². The standard InChI is InChI=1S/C10H21N/c1-3-11(2)9-10-7-5-4-6-8-10/h10H,3-9H2,1-2H3. The molecule has 1 aliphatic carbocycles. The van der Waals surface area contributed by atoms with Crippen molar-refractivity contribution in [3.05, 3.63) is 0 Å². The van der Waals surface area contributed by atoms with Gasteiger partial charge in [0, 0.05) is 6.54 Å². The van der Waals surface area contributed by atoms with Crippen molar-refractivity contribution in [2.24, 2.45) is 5.92 Å². The zero-order valence-corrected chi connectivity index (χ0v) is 7.97. The van der Waals surface area contributed by atoms with E-state index in [-0.39, 0.29) is 0 Å². The average molecular weight is 155 g/mol. The fourth-order valence-corrected chi connectivity index (χ4v) is 1.94. The molecule has 11 heavy (non-hydrogen) atoms. The molecule has 1 rings (SSSR count). The van der Waals surface area contributed by atoms with E-state index >= 15 is 0 Å². The average Bonchev–Trinajstić information content (AvgIpc) is 2.06. The molecule has 0 spiro atoms. The van der Waals surface area contributed by atoms with Crippen molar-refractivity contribution in [2.45, 2.75) is 39.0 Å². The quantitative estimate of drug-likeness (QED) is 0.605. The summed E-state index contributed by atoms with van der Waals surface area (Å²) >= 11 is 0. The molecule has 0 aromatic carbocycles. The van der Waals surface area contributed by atoms with Gasteiger partial charge in [0.1, 0.15) is 0 Å². The summed E-state index contributed by atoms with van der Waals surface area (Å²) in [6.45, 7) is 4.77. The molecule has 0 heterocycles. The number of hydrogen-bond donors (Lipinski definition) is 0. The maximum Gasteiger partial charge on any atom is 0.000649 e. The lowest BCUT2D eigenvalue weighted by Gasteiger charge is -2.25. The molecule has 0 aromatic heterocycles. The molecule has 1 fully saturated rings. The summed E-state index contributed by atoms with van der Waals surface area (Å²) in [7, 11) is 2.23. The molecule has 0 aliphatic heterocycles. The van der Waals surface area contributed by atoms with Gasteiger partial charge in [-0.2, -0.15) is 0 Å². The van der Waals surface area contributed by atoms with E-state index in [2.05, 4.69) is 18.9 Å². The SMILES string of the molecule is CCN(C)CC1CCCCC1. The fraction of sp³-hybridized carbons (Fsp3) is 1.00. The molecule has 0 N–H and O–H groups in total. The lowest BCUT2D eigenvalue weighted by Crippen LogP contribution is -2.26. The van der Waals surface area contributed by atoms with Crippen molar-refractivity contribution in [1.29, 1.82) is 0 Å². The minimum absolute atomic E-state index is 1.01. The Balaban J connectivity index is 2.13. The van der Waals surface area contributed by atoms with Crippen LogP contribution in [0.5, 0.6) is 0 Å². The van der Waals surface area contributed by atoms with Gasteiger partial charge in [0.15, 0.2) is 0 Å². The lowest BCUT2D eigenvalue weighted by molar-refractivity contribution is 0.241. The first-order chi connectivity index (χ1) is 5.33. The minimum atomic E-state index is 1.01. The monoisotopic (exact) mass is 155 g/mol. The molecule has 0 aromatic rings. The smallest absolute Gasteiger partial charge is 0.000649 e. The van der Waals surface area contributed by atoms with Crippen LogP contribution in [-0.2, 0) is 0 Å². The van der Waals surface area contributed by atoms with Gasteiger partial charge < -0.3 is 4.90 Å². The highest BCUT2D eigenvalue weighted by Gasteiger charge is 2.13. The Kier molecular flexibility index (Phi) is 3.92. The largest absolute Gasteiger partial charge is 0.306 e. The van der Waals surface area contributed by atoms with Crippen LogP contribution < -0.4 is 0 Å². The van der Waals surface area contributed by atoms with Crippen LogP contribution in [0, 0.1) is 5.92 Å². The van der Waals surface area contributed by atoms with Gasteiger partial charge in [-0.1, -0.05) is 26.2 Å². The van der Waals surface area contributed by atoms with E-state index in [1.54, 1.807) is 0 Å². The van der Waals surface area contributed by atoms with Crippen LogP contribution >= 0.6 is 0 Å². The Labute approximate surface area is 70.8 Å². The lowest BCUT2D eigenvalue weighted by atomic mass is 9.89. The van der Waals surface area contributed by atoms with Crippen molar-refractivity contribution >= 4 is 0 Å². The van der Waals surface area contributed by atoms with E-state index in [0.29, 0.717) is 0 Å². The van der Waals surface area contributed by atoms with Gasteiger partial charge in [0.05, 0.1) is 0 Å². The third-order valence-corrected chi connectivity index (χ3v) is 2.83. The third-order valence-electron chi connectivity index (χ3n) is 2.83. The predicted molar refractivity (Wildman–Crippen MR) is 49.7 cm³/mol. The molecule has 0 saturated heterocycles. The van der Waals surface area contributed by atoms with E-state index < -0.39 is 0 Å². The summed E-state index contributed by atoms with van der Waals surface area (Å²) in [6, 6.07) is 0. The second-order valence-electron chi connectivity index (χ2n) is 3.86. The Morgan fingerprint density at radius 2 is 1.82 bits per heavy atom. The zero-order valence-electron chi connectivity index (χ0n) is 7.97. The van der Waals surface area contributed by atoms with Gasteiger partial charge in [0.25, 0.3) is 0 Å². The van der Waals surface area contributed by atoms with E-state index in [1.165, 1.54) is 45.2 Å². The molecule has 0 atom stereocenters. The molecule has 1 aliphatic rings. The molecular weight excluding hydrogens is 134 g/mol. The first-order valence-electron chi connectivity index (χ1n) is 5.01. The van der Waals surface area contributed by atoms with Crippen molar-refractivity contribution in [3.8, 4) is 0 Å². The minimum Gasteiger partial charge on any atom is -0.306 e. The highest BCUT2D eigenvalue weighted by molar-refractivity contribution is 4.68. The predicted octanol–water partition coefficient (Wildman–Crippen LogP) is 2.52. The van der Waals surface area contributed by atoms with Gasteiger partial charge >= 0.3 is 0 Å². The van der Waals surface area contributed by atoms with E-state index in [1.807, 2.05) is 0 Å². The van der Waals surface area contributed by atoms with Crippen LogP contribution in [0.15, 0.2) is 0 Å². The van der Waals surface area contributed by atoms with Crippen LogP contribution in [0.4, 0.5) is 0 Å². The second-order valence-corrected chi connectivity index (χ2v) is 3.86. The highest BCUT2D eigenvalue weighted by Crippen LogP contribution is 2.23. The van der Waals surface area contributed by atoms with E-state index in [0.717, 1.165) is 5.92 Å². The Morgan fingerprint density at radius 3 is 2.36 bits per heavy atom. The molecule has 0 unspecified atom stereocenters. The van der Waals surface area contributed by atoms with Crippen LogP contribution in [0.2, 0.25) is 0 Å². The third kappa shape index (κ3) is 3.24. The molecule has 1 heteroatoms. The second kappa shape index (κ2) is 4.76. The van der Waals surface area contributed by atoms with E-state index in [4.69, 9.17) is 0 Å². The first-order valence-corrected chi connectivity index (χ1v) is 5.01. The number of nitrogens with zero attached hydrogens (tertiary/aromatic N) is 1. The van der Waals surface area contributed by atoms with Gasteiger partial charge in [-0.3, -0.25) is 0 Å². The topological polar surface area (TPSA) is 3.24 Å². The molecule has 66 valence electrons. The van der Waals surface area contributed by atoms with Gasteiger partial charge in [0.2, 0.25) is 0 Å².